The predicted molar refractivity (Wildman–Crippen MR) is 73.9 cm³/mol. The SMILES string of the molecule is CC1(N2CC(CS(N)(=O)=O)CC2=O)CCCCCC1. The van der Waals surface area contributed by atoms with Gasteiger partial charge in [0.25, 0.3) is 0 Å². The lowest BCUT2D eigenvalue weighted by molar-refractivity contribution is -0.133. The molecule has 1 saturated heterocycles. The van der Waals surface area contributed by atoms with Crippen molar-refractivity contribution in [1.29, 1.82) is 0 Å². The molecule has 1 saturated carbocycles. The number of hydrogen-bond acceptors (Lipinski definition) is 3. The highest BCUT2D eigenvalue weighted by molar-refractivity contribution is 7.89. The Morgan fingerprint density at radius 1 is 1.26 bits per heavy atom. The number of nitrogens with two attached hydrogens (primary N) is 1. The predicted octanol–water partition coefficient (Wildman–Crippen LogP) is 1.24. The number of amides is 1. The fourth-order valence-corrected chi connectivity index (χ4v) is 4.38. The number of nitrogens with zero attached hydrogens (tertiary/aromatic N) is 1. The lowest BCUT2D eigenvalue weighted by Crippen LogP contribution is -2.47. The topological polar surface area (TPSA) is 80.5 Å². The maximum absolute atomic E-state index is 12.2. The molecule has 1 amide bonds. The van der Waals surface area contributed by atoms with Gasteiger partial charge in [-0.25, -0.2) is 13.6 Å². The Balaban J connectivity index is 2.06. The van der Waals surface area contributed by atoms with Gasteiger partial charge in [-0.05, 0) is 19.8 Å². The monoisotopic (exact) mass is 288 g/mol. The smallest absolute Gasteiger partial charge is 0.223 e. The van der Waals surface area contributed by atoms with Crippen LogP contribution in [0.4, 0.5) is 0 Å². The van der Waals surface area contributed by atoms with Crippen LogP contribution in [-0.4, -0.2) is 37.1 Å². The number of sulfonamides is 1. The van der Waals surface area contributed by atoms with Crippen LogP contribution in [0.5, 0.6) is 0 Å². The van der Waals surface area contributed by atoms with Crippen molar-refractivity contribution in [2.45, 2.75) is 57.4 Å². The van der Waals surface area contributed by atoms with Gasteiger partial charge in [-0.2, -0.15) is 0 Å². The first kappa shape index (κ1) is 14.8. The molecule has 2 N–H and O–H groups in total. The fourth-order valence-electron chi connectivity index (χ4n) is 3.50. The first-order valence-corrected chi connectivity index (χ1v) is 8.83. The molecule has 110 valence electrons. The third-order valence-electron chi connectivity index (χ3n) is 4.51. The largest absolute Gasteiger partial charge is 0.337 e. The molecule has 0 spiro atoms. The zero-order valence-electron chi connectivity index (χ0n) is 11.6. The van der Waals surface area contributed by atoms with Crippen LogP contribution >= 0.6 is 0 Å². The lowest BCUT2D eigenvalue weighted by atomic mass is 9.90. The summed E-state index contributed by atoms with van der Waals surface area (Å²) in [6.07, 6.45) is 7.16. The van der Waals surface area contributed by atoms with Crippen molar-refractivity contribution in [3.05, 3.63) is 0 Å². The number of carbonyl (C=O) groups excluding carboxylic acids is 1. The van der Waals surface area contributed by atoms with Crippen molar-refractivity contribution in [2.24, 2.45) is 11.1 Å². The van der Waals surface area contributed by atoms with Crippen molar-refractivity contribution < 1.29 is 13.2 Å². The Hall–Kier alpha value is -0.620. The van der Waals surface area contributed by atoms with Crippen LogP contribution < -0.4 is 5.14 Å². The summed E-state index contributed by atoms with van der Waals surface area (Å²) in [5, 5.41) is 5.08. The lowest BCUT2D eigenvalue weighted by Gasteiger charge is -2.38. The molecule has 1 aliphatic carbocycles. The molecule has 0 bridgehead atoms. The maximum Gasteiger partial charge on any atom is 0.223 e. The van der Waals surface area contributed by atoms with Gasteiger partial charge in [0.1, 0.15) is 0 Å². The third kappa shape index (κ3) is 3.69. The van der Waals surface area contributed by atoms with Crippen molar-refractivity contribution in [2.75, 3.05) is 12.3 Å². The molecule has 2 aliphatic rings. The standard InChI is InChI=1S/C13H24N2O3S/c1-13(6-4-2-3-5-7-13)15-9-11(8-12(15)16)10-19(14,17)18/h11H,2-10H2,1H3,(H2,14,17,18). The van der Waals surface area contributed by atoms with Gasteiger partial charge < -0.3 is 4.90 Å². The normalized spacial score (nSPS) is 28.4. The van der Waals surface area contributed by atoms with E-state index < -0.39 is 10.0 Å². The number of hydrogen-bond donors (Lipinski definition) is 1. The van der Waals surface area contributed by atoms with Crippen LogP contribution in [0.15, 0.2) is 0 Å². The van der Waals surface area contributed by atoms with Crippen LogP contribution in [0.2, 0.25) is 0 Å². The van der Waals surface area contributed by atoms with E-state index in [0.717, 1.165) is 25.7 Å². The van der Waals surface area contributed by atoms with E-state index in [9.17, 15) is 13.2 Å². The highest BCUT2D eigenvalue weighted by Gasteiger charge is 2.42. The minimum atomic E-state index is -3.49. The Morgan fingerprint density at radius 2 is 1.84 bits per heavy atom. The van der Waals surface area contributed by atoms with Crippen LogP contribution in [0.25, 0.3) is 0 Å². The summed E-state index contributed by atoms with van der Waals surface area (Å²) in [6, 6.07) is 0. The van der Waals surface area contributed by atoms with Gasteiger partial charge in [0, 0.05) is 24.4 Å². The van der Waals surface area contributed by atoms with E-state index in [1.807, 2.05) is 4.90 Å². The van der Waals surface area contributed by atoms with Crippen LogP contribution in [-0.2, 0) is 14.8 Å². The van der Waals surface area contributed by atoms with Crippen LogP contribution in [0, 0.1) is 5.92 Å². The molecule has 1 atom stereocenters. The molecule has 19 heavy (non-hydrogen) atoms. The third-order valence-corrected chi connectivity index (χ3v) is 5.44. The Bertz CT molecular complexity index is 439. The van der Waals surface area contributed by atoms with Crippen molar-refractivity contribution >= 4 is 15.9 Å². The van der Waals surface area contributed by atoms with E-state index in [0.29, 0.717) is 13.0 Å². The first-order valence-electron chi connectivity index (χ1n) is 7.11. The van der Waals surface area contributed by atoms with Gasteiger partial charge in [0.05, 0.1) is 5.75 Å². The molecule has 0 radical (unpaired) electrons. The van der Waals surface area contributed by atoms with Crippen molar-refractivity contribution in [3.8, 4) is 0 Å². The van der Waals surface area contributed by atoms with E-state index >= 15 is 0 Å². The van der Waals surface area contributed by atoms with E-state index in [1.165, 1.54) is 12.8 Å². The second-order valence-corrected chi connectivity index (χ2v) is 7.97. The molecule has 2 rings (SSSR count). The maximum atomic E-state index is 12.2. The quantitative estimate of drug-likeness (QED) is 0.793. The zero-order valence-corrected chi connectivity index (χ0v) is 12.4. The number of primary sulfonamides is 1. The first-order chi connectivity index (χ1) is 8.80. The van der Waals surface area contributed by atoms with Crippen molar-refractivity contribution in [3.63, 3.8) is 0 Å². The number of carbonyl (C=O) groups is 1. The summed E-state index contributed by atoms with van der Waals surface area (Å²) in [5.74, 6) is -0.119. The Morgan fingerprint density at radius 3 is 2.37 bits per heavy atom. The fraction of sp³-hybridized carbons (Fsp3) is 0.923. The average Bonchev–Trinajstić information content (AvgIpc) is 2.50. The summed E-state index contributed by atoms with van der Waals surface area (Å²) in [7, 11) is -3.49. The number of likely N-dealkylation sites (tertiary alicyclic amines) is 1. The molecule has 1 heterocycles. The molecule has 0 aromatic heterocycles. The molecular weight excluding hydrogens is 264 g/mol. The summed E-state index contributed by atoms with van der Waals surface area (Å²) >= 11 is 0. The molecule has 1 aliphatic heterocycles. The summed E-state index contributed by atoms with van der Waals surface area (Å²) in [5.41, 5.74) is -0.0826. The minimum absolute atomic E-state index is 0.0781. The van der Waals surface area contributed by atoms with Gasteiger partial charge in [-0.15, -0.1) is 0 Å². The van der Waals surface area contributed by atoms with Gasteiger partial charge in [0.15, 0.2) is 0 Å². The molecule has 1 unspecified atom stereocenters. The summed E-state index contributed by atoms with van der Waals surface area (Å²) in [4.78, 5) is 14.1. The van der Waals surface area contributed by atoms with Crippen molar-refractivity contribution in [1.82, 2.24) is 4.90 Å². The summed E-state index contributed by atoms with van der Waals surface area (Å²) < 4.78 is 22.3. The van der Waals surface area contributed by atoms with Gasteiger partial charge in [-0.3, -0.25) is 4.79 Å². The molecule has 6 heteroatoms. The average molecular weight is 288 g/mol. The van der Waals surface area contributed by atoms with Gasteiger partial charge in [-0.1, -0.05) is 25.7 Å². The van der Waals surface area contributed by atoms with E-state index in [4.69, 9.17) is 5.14 Å². The van der Waals surface area contributed by atoms with E-state index in [2.05, 4.69) is 6.92 Å². The Labute approximate surface area is 115 Å². The number of rotatable bonds is 3. The molecule has 0 aromatic carbocycles. The molecule has 0 aromatic rings. The Kier molecular flexibility index (Phi) is 4.20. The zero-order chi connectivity index (χ0) is 14.1. The highest BCUT2D eigenvalue weighted by atomic mass is 32.2. The minimum Gasteiger partial charge on any atom is -0.337 e. The second-order valence-electron chi connectivity index (χ2n) is 6.32. The van der Waals surface area contributed by atoms with Crippen LogP contribution in [0.1, 0.15) is 51.9 Å². The van der Waals surface area contributed by atoms with Crippen LogP contribution in [0.3, 0.4) is 0 Å². The van der Waals surface area contributed by atoms with E-state index in [-0.39, 0.29) is 23.1 Å². The molecule has 2 fully saturated rings. The highest BCUT2D eigenvalue weighted by Crippen LogP contribution is 2.36. The molecule has 5 nitrogen and oxygen atoms in total. The van der Waals surface area contributed by atoms with Gasteiger partial charge >= 0.3 is 0 Å². The van der Waals surface area contributed by atoms with E-state index in [1.54, 1.807) is 0 Å². The molecular formula is C13H24N2O3S. The summed E-state index contributed by atoms with van der Waals surface area (Å²) in [6.45, 7) is 2.70. The van der Waals surface area contributed by atoms with Gasteiger partial charge in [0.2, 0.25) is 15.9 Å². The second kappa shape index (κ2) is 5.40.